The highest BCUT2D eigenvalue weighted by Crippen LogP contribution is 2.33. The lowest BCUT2D eigenvalue weighted by Gasteiger charge is -2.12. The molecule has 0 aliphatic rings. The summed E-state index contributed by atoms with van der Waals surface area (Å²) >= 11 is 0. The molecule has 0 amide bonds. The summed E-state index contributed by atoms with van der Waals surface area (Å²) in [5.74, 6) is -0.583. The van der Waals surface area contributed by atoms with E-state index >= 15 is 0 Å². The van der Waals surface area contributed by atoms with Gasteiger partial charge in [-0.3, -0.25) is 9.59 Å². The van der Waals surface area contributed by atoms with Gasteiger partial charge in [0.2, 0.25) is 0 Å². The molecule has 0 bridgehead atoms. The molecule has 0 saturated carbocycles. The van der Waals surface area contributed by atoms with Crippen LogP contribution in [-0.2, 0) is 9.84 Å². The lowest BCUT2D eigenvalue weighted by atomic mass is 9.99. The van der Waals surface area contributed by atoms with Crippen molar-refractivity contribution in [2.75, 3.05) is 0 Å². The Bertz CT molecular complexity index is 1440. The zero-order chi connectivity index (χ0) is 25.3. The van der Waals surface area contributed by atoms with Gasteiger partial charge in [0, 0.05) is 11.1 Å². The SMILES string of the molecule is O=C(c1ccc(O)cc1-c1ccc(O)cc1)S(=O)(=O)C(=O)c1ccc(O)cc1-c1ccc(O)cc1. The summed E-state index contributed by atoms with van der Waals surface area (Å²) in [5.41, 5.74) is 0.0866. The first-order chi connectivity index (χ1) is 16.6. The average Bonchev–Trinajstić information content (AvgIpc) is 2.84. The number of aromatic hydroxyl groups is 4. The van der Waals surface area contributed by atoms with Crippen molar-refractivity contribution in [3.63, 3.8) is 0 Å². The Morgan fingerprint density at radius 1 is 0.486 bits per heavy atom. The predicted molar refractivity (Wildman–Crippen MR) is 128 cm³/mol. The molecular formula is C26H18O8S. The maximum Gasteiger partial charge on any atom is 0.285 e. The van der Waals surface area contributed by atoms with Gasteiger partial charge in [0.15, 0.2) is 0 Å². The van der Waals surface area contributed by atoms with Gasteiger partial charge in [0.1, 0.15) is 23.0 Å². The first-order valence-electron chi connectivity index (χ1n) is 10.2. The van der Waals surface area contributed by atoms with Gasteiger partial charge in [-0.2, -0.15) is 0 Å². The monoisotopic (exact) mass is 490 g/mol. The minimum Gasteiger partial charge on any atom is -0.508 e. The van der Waals surface area contributed by atoms with Crippen LogP contribution in [0.1, 0.15) is 20.7 Å². The van der Waals surface area contributed by atoms with Gasteiger partial charge in [0.25, 0.3) is 20.1 Å². The number of hydrogen-bond acceptors (Lipinski definition) is 8. The number of phenolic OH excluding ortho intramolecular Hbond substituents is 4. The molecule has 176 valence electrons. The van der Waals surface area contributed by atoms with E-state index < -0.39 is 20.1 Å². The molecule has 0 unspecified atom stereocenters. The van der Waals surface area contributed by atoms with Gasteiger partial charge in [0.05, 0.1) is 0 Å². The van der Waals surface area contributed by atoms with E-state index in [9.17, 15) is 38.4 Å². The van der Waals surface area contributed by atoms with Gasteiger partial charge in [-0.25, -0.2) is 8.42 Å². The van der Waals surface area contributed by atoms with E-state index in [4.69, 9.17) is 0 Å². The Labute approximate surface area is 199 Å². The van der Waals surface area contributed by atoms with Crippen molar-refractivity contribution in [2.45, 2.75) is 0 Å². The molecule has 9 heteroatoms. The van der Waals surface area contributed by atoms with E-state index in [0.29, 0.717) is 11.1 Å². The number of carbonyl (C=O) groups excluding carboxylic acids is 2. The smallest absolute Gasteiger partial charge is 0.285 e. The molecular weight excluding hydrogens is 472 g/mol. The number of sulfone groups is 1. The van der Waals surface area contributed by atoms with Crippen LogP contribution >= 0.6 is 0 Å². The molecule has 0 fully saturated rings. The largest absolute Gasteiger partial charge is 0.508 e. The van der Waals surface area contributed by atoms with E-state index in [1.807, 2.05) is 0 Å². The summed E-state index contributed by atoms with van der Waals surface area (Å²) in [5, 5.41) is 35.9. The summed E-state index contributed by atoms with van der Waals surface area (Å²) in [6, 6.07) is 17.8. The van der Waals surface area contributed by atoms with E-state index in [2.05, 4.69) is 0 Å². The third-order valence-electron chi connectivity index (χ3n) is 5.29. The Morgan fingerprint density at radius 3 is 1.14 bits per heavy atom. The highest BCUT2D eigenvalue weighted by molar-refractivity contribution is 8.19. The van der Waals surface area contributed by atoms with Crippen LogP contribution in [0.4, 0.5) is 0 Å². The molecule has 0 atom stereocenters. The van der Waals surface area contributed by atoms with Crippen LogP contribution in [0.25, 0.3) is 22.3 Å². The Hall–Kier alpha value is -4.63. The Balaban J connectivity index is 1.81. The minimum absolute atomic E-state index is 0.0517. The quantitative estimate of drug-likeness (QED) is 0.332. The van der Waals surface area contributed by atoms with Gasteiger partial charge in [-0.05, 0) is 82.9 Å². The van der Waals surface area contributed by atoms with E-state index in [-0.39, 0.29) is 45.3 Å². The Morgan fingerprint density at radius 2 is 0.800 bits per heavy atom. The van der Waals surface area contributed by atoms with Crippen LogP contribution in [0.5, 0.6) is 23.0 Å². The maximum absolute atomic E-state index is 13.2. The van der Waals surface area contributed by atoms with Crippen molar-refractivity contribution >= 4 is 20.1 Å². The first kappa shape index (κ1) is 23.5. The topological polar surface area (TPSA) is 149 Å². The fourth-order valence-corrected chi connectivity index (χ4v) is 4.66. The number of hydrogen-bond donors (Lipinski definition) is 4. The van der Waals surface area contributed by atoms with Crippen molar-refractivity contribution in [1.82, 2.24) is 0 Å². The summed E-state index contributed by atoms with van der Waals surface area (Å²) in [4.78, 5) is 26.4. The summed E-state index contributed by atoms with van der Waals surface area (Å²) in [6.45, 7) is 0. The highest BCUT2D eigenvalue weighted by atomic mass is 32.2. The van der Waals surface area contributed by atoms with Crippen molar-refractivity contribution in [2.24, 2.45) is 0 Å². The van der Waals surface area contributed by atoms with Crippen LogP contribution in [0.2, 0.25) is 0 Å². The summed E-state index contributed by atoms with van der Waals surface area (Å²) < 4.78 is 26.3. The van der Waals surface area contributed by atoms with Crippen LogP contribution in [-0.4, -0.2) is 39.1 Å². The second-order valence-electron chi connectivity index (χ2n) is 7.63. The standard InChI is InChI=1S/C26H18O8S/c27-17-5-1-15(2-6-17)23-13-19(29)9-11-21(23)25(31)35(33,34)26(32)22-12-10-20(30)14-24(22)16-3-7-18(28)8-4-16/h1-14,27-30H. The molecule has 0 aromatic heterocycles. The Kier molecular flexibility index (Phi) is 6.02. The van der Waals surface area contributed by atoms with E-state index in [1.54, 1.807) is 0 Å². The van der Waals surface area contributed by atoms with Crippen molar-refractivity contribution in [3.05, 3.63) is 96.1 Å². The van der Waals surface area contributed by atoms with Gasteiger partial charge < -0.3 is 20.4 Å². The molecule has 4 N–H and O–H groups in total. The fraction of sp³-hybridized carbons (Fsp3) is 0. The molecule has 0 spiro atoms. The fourth-order valence-electron chi connectivity index (χ4n) is 3.55. The second-order valence-corrected chi connectivity index (χ2v) is 9.38. The van der Waals surface area contributed by atoms with Crippen molar-refractivity contribution in [3.8, 4) is 45.3 Å². The predicted octanol–water partition coefficient (Wildman–Crippen LogP) is 4.24. The molecule has 0 heterocycles. The lowest BCUT2D eigenvalue weighted by Crippen LogP contribution is -2.25. The summed E-state index contributed by atoms with van der Waals surface area (Å²) in [7, 11) is -5.09. The number of carbonyl (C=O) groups is 2. The molecule has 4 aromatic carbocycles. The normalized spacial score (nSPS) is 11.2. The average molecular weight is 490 g/mol. The van der Waals surface area contributed by atoms with Crippen LogP contribution in [0.15, 0.2) is 84.9 Å². The molecule has 0 aliphatic heterocycles. The van der Waals surface area contributed by atoms with Crippen molar-refractivity contribution in [1.29, 1.82) is 0 Å². The number of benzene rings is 4. The molecule has 4 aromatic rings. The zero-order valence-corrected chi connectivity index (χ0v) is 18.7. The van der Waals surface area contributed by atoms with Gasteiger partial charge >= 0.3 is 0 Å². The molecule has 0 saturated heterocycles. The lowest BCUT2D eigenvalue weighted by molar-refractivity contribution is 0.104. The molecule has 0 radical (unpaired) electrons. The third-order valence-corrected chi connectivity index (χ3v) is 6.71. The van der Waals surface area contributed by atoms with Crippen molar-refractivity contribution < 1.29 is 38.4 Å². The third kappa shape index (κ3) is 4.57. The van der Waals surface area contributed by atoms with Crippen LogP contribution in [0, 0.1) is 0 Å². The van der Waals surface area contributed by atoms with Gasteiger partial charge in [-0.15, -0.1) is 0 Å². The number of rotatable bonds is 4. The minimum atomic E-state index is -5.09. The van der Waals surface area contributed by atoms with Crippen LogP contribution < -0.4 is 0 Å². The number of phenols is 4. The maximum atomic E-state index is 13.2. The molecule has 4 rings (SSSR count). The molecule has 35 heavy (non-hydrogen) atoms. The second kappa shape index (κ2) is 8.96. The molecule has 0 aliphatic carbocycles. The van der Waals surface area contributed by atoms with Gasteiger partial charge in [-0.1, -0.05) is 24.3 Å². The van der Waals surface area contributed by atoms with Crippen LogP contribution in [0.3, 0.4) is 0 Å². The first-order valence-corrected chi connectivity index (χ1v) is 11.6. The van der Waals surface area contributed by atoms with E-state index in [0.717, 1.165) is 24.3 Å². The zero-order valence-electron chi connectivity index (χ0n) is 17.9. The highest BCUT2D eigenvalue weighted by Gasteiger charge is 2.36. The molecule has 8 nitrogen and oxygen atoms in total. The summed E-state index contributed by atoms with van der Waals surface area (Å²) in [6.07, 6.45) is 0. The van der Waals surface area contributed by atoms with E-state index in [1.165, 1.54) is 60.7 Å².